The summed E-state index contributed by atoms with van der Waals surface area (Å²) >= 11 is 0. The lowest BCUT2D eigenvalue weighted by molar-refractivity contribution is -0.0710. The first-order valence-corrected chi connectivity index (χ1v) is 4.93. The van der Waals surface area contributed by atoms with E-state index in [1.54, 1.807) is 0 Å². The van der Waals surface area contributed by atoms with Gasteiger partial charge in [-0.1, -0.05) is 20.3 Å². The van der Waals surface area contributed by atoms with E-state index in [-0.39, 0.29) is 5.54 Å². The summed E-state index contributed by atoms with van der Waals surface area (Å²) in [6, 6.07) is 0.601. The Morgan fingerprint density at radius 2 is 2.00 bits per heavy atom. The van der Waals surface area contributed by atoms with Gasteiger partial charge in [-0.2, -0.15) is 0 Å². The molecule has 72 valence electrons. The van der Waals surface area contributed by atoms with Gasteiger partial charge in [0.2, 0.25) is 0 Å². The van der Waals surface area contributed by atoms with Crippen LogP contribution in [0.25, 0.3) is 0 Å². The lowest BCUT2D eigenvalue weighted by Crippen LogP contribution is -2.61. The molecule has 12 heavy (non-hydrogen) atoms. The molecule has 2 nitrogen and oxygen atoms in total. The topological polar surface area (TPSA) is 21.3 Å². The molecule has 1 fully saturated rings. The fraction of sp³-hybridized carbons (Fsp3) is 1.00. The summed E-state index contributed by atoms with van der Waals surface area (Å²) in [6.07, 6.45) is 1.24. The quantitative estimate of drug-likeness (QED) is 0.696. The van der Waals surface area contributed by atoms with Gasteiger partial charge in [-0.05, 0) is 19.8 Å². The molecule has 0 spiro atoms. The minimum Gasteiger partial charge on any atom is -0.377 e. The van der Waals surface area contributed by atoms with Crippen molar-refractivity contribution in [2.45, 2.75) is 45.7 Å². The number of hydrogen-bond acceptors (Lipinski definition) is 2. The zero-order valence-electron chi connectivity index (χ0n) is 8.68. The molecule has 1 N–H and O–H groups in total. The SMILES string of the molecule is CCC(C)C(C)NC1(C)COC1. The molecule has 1 heterocycles. The maximum absolute atomic E-state index is 5.19. The van der Waals surface area contributed by atoms with Gasteiger partial charge in [0, 0.05) is 6.04 Å². The van der Waals surface area contributed by atoms with Crippen molar-refractivity contribution < 1.29 is 4.74 Å². The van der Waals surface area contributed by atoms with Crippen LogP contribution in [0.1, 0.15) is 34.1 Å². The third-order valence-corrected chi connectivity index (χ3v) is 2.91. The Balaban J connectivity index is 2.29. The minimum absolute atomic E-state index is 0.253. The molecule has 0 saturated carbocycles. The molecule has 0 aromatic heterocycles. The fourth-order valence-electron chi connectivity index (χ4n) is 1.54. The van der Waals surface area contributed by atoms with Gasteiger partial charge < -0.3 is 10.1 Å². The van der Waals surface area contributed by atoms with Crippen molar-refractivity contribution >= 4 is 0 Å². The molecule has 1 saturated heterocycles. The van der Waals surface area contributed by atoms with Crippen LogP contribution < -0.4 is 5.32 Å². The third kappa shape index (κ3) is 2.20. The van der Waals surface area contributed by atoms with Crippen LogP contribution in [0.2, 0.25) is 0 Å². The van der Waals surface area contributed by atoms with Crippen molar-refractivity contribution in [1.82, 2.24) is 5.32 Å². The van der Waals surface area contributed by atoms with E-state index in [2.05, 4.69) is 33.0 Å². The number of hydrogen-bond donors (Lipinski definition) is 1. The largest absolute Gasteiger partial charge is 0.377 e. The second-order valence-electron chi connectivity index (χ2n) is 4.37. The summed E-state index contributed by atoms with van der Waals surface area (Å²) in [5, 5.41) is 3.62. The molecule has 0 bridgehead atoms. The van der Waals surface area contributed by atoms with E-state index >= 15 is 0 Å². The molecular weight excluding hydrogens is 150 g/mol. The third-order valence-electron chi connectivity index (χ3n) is 2.91. The summed E-state index contributed by atoms with van der Waals surface area (Å²) in [6.45, 7) is 10.8. The van der Waals surface area contributed by atoms with Crippen LogP contribution in [0.3, 0.4) is 0 Å². The molecule has 1 rings (SSSR count). The summed E-state index contributed by atoms with van der Waals surface area (Å²) in [5.41, 5.74) is 0.253. The zero-order valence-corrected chi connectivity index (χ0v) is 8.68. The predicted molar refractivity (Wildman–Crippen MR) is 51.3 cm³/mol. The van der Waals surface area contributed by atoms with Gasteiger partial charge >= 0.3 is 0 Å². The van der Waals surface area contributed by atoms with Crippen LogP contribution in [-0.4, -0.2) is 24.8 Å². The molecule has 2 heteroatoms. The van der Waals surface area contributed by atoms with Gasteiger partial charge in [-0.25, -0.2) is 0 Å². The Labute approximate surface area is 75.7 Å². The highest BCUT2D eigenvalue weighted by molar-refractivity contribution is 4.92. The van der Waals surface area contributed by atoms with Crippen molar-refractivity contribution in [3.05, 3.63) is 0 Å². The van der Waals surface area contributed by atoms with Crippen LogP contribution in [0.5, 0.6) is 0 Å². The molecule has 0 aromatic rings. The van der Waals surface area contributed by atoms with Crippen LogP contribution in [0.4, 0.5) is 0 Å². The lowest BCUT2D eigenvalue weighted by Gasteiger charge is -2.42. The monoisotopic (exact) mass is 171 g/mol. The summed E-state index contributed by atoms with van der Waals surface area (Å²) in [5.74, 6) is 0.752. The van der Waals surface area contributed by atoms with Gasteiger partial charge in [0.1, 0.15) is 0 Å². The van der Waals surface area contributed by atoms with E-state index in [1.165, 1.54) is 6.42 Å². The van der Waals surface area contributed by atoms with Crippen molar-refractivity contribution in [2.75, 3.05) is 13.2 Å². The summed E-state index contributed by atoms with van der Waals surface area (Å²) in [4.78, 5) is 0. The highest BCUT2D eigenvalue weighted by atomic mass is 16.5. The van der Waals surface area contributed by atoms with Crippen molar-refractivity contribution in [1.29, 1.82) is 0 Å². The van der Waals surface area contributed by atoms with E-state index in [0.717, 1.165) is 19.1 Å². The van der Waals surface area contributed by atoms with Gasteiger partial charge in [-0.15, -0.1) is 0 Å². The first kappa shape index (κ1) is 10.0. The van der Waals surface area contributed by atoms with Crippen LogP contribution in [-0.2, 0) is 4.74 Å². The average Bonchev–Trinajstić information content (AvgIpc) is 2.00. The Bertz CT molecular complexity index is 143. The highest BCUT2D eigenvalue weighted by Gasteiger charge is 2.34. The Morgan fingerprint density at radius 3 is 2.33 bits per heavy atom. The Hall–Kier alpha value is -0.0800. The van der Waals surface area contributed by atoms with E-state index < -0.39 is 0 Å². The van der Waals surface area contributed by atoms with E-state index in [9.17, 15) is 0 Å². The standard InChI is InChI=1S/C10H21NO/c1-5-8(2)9(3)11-10(4)6-12-7-10/h8-9,11H,5-7H2,1-4H3. The van der Waals surface area contributed by atoms with Crippen LogP contribution in [0.15, 0.2) is 0 Å². The Morgan fingerprint density at radius 1 is 1.42 bits per heavy atom. The predicted octanol–water partition coefficient (Wildman–Crippen LogP) is 1.80. The first-order valence-electron chi connectivity index (χ1n) is 4.93. The van der Waals surface area contributed by atoms with Crippen LogP contribution in [0, 0.1) is 5.92 Å². The molecule has 0 amide bonds. The van der Waals surface area contributed by atoms with Crippen molar-refractivity contribution in [2.24, 2.45) is 5.92 Å². The summed E-state index contributed by atoms with van der Waals surface area (Å²) < 4.78 is 5.19. The van der Waals surface area contributed by atoms with E-state index in [4.69, 9.17) is 4.74 Å². The fourth-order valence-corrected chi connectivity index (χ4v) is 1.54. The first-order chi connectivity index (χ1) is 5.57. The van der Waals surface area contributed by atoms with Crippen molar-refractivity contribution in [3.63, 3.8) is 0 Å². The zero-order chi connectivity index (χ0) is 9.19. The van der Waals surface area contributed by atoms with Crippen molar-refractivity contribution in [3.8, 4) is 0 Å². The van der Waals surface area contributed by atoms with E-state index in [0.29, 0.717) is 6.04 Å². The molecule has 1 aliphatic rings. The van der Waals surface area contributed by atoms with Gasteiger partial charge in [-0.3, -0.25) is 0 Å². The van der Waals surface area contributed by atoms with Gasteiger partial charge in [0.15, 0.2) is 0 Å². The molecule has 1 aliphatic heterocycles. The van der Waals surface area contributed by atoms with Gasteiger partial charge in [0.05, 0.1) is 18.8 Å². The minimum atomic E-state index is 0.253. The maximum atomic E-state index is 5.19. The van der Waals surface area contributed by atoms with Crippen LogP contribution >= 0.6 is 0 Å². The Kier molecular flexibility index (Phi) is 3.13. The second kappa shape index (κ2) is 3.75. The number of ether oxygens (including phenoxy) is 1. The second-order valence-corrected chi connectivity index (χ2v) is 4.37. The molecule has 2 unspecified atom stereocenters. The molecule has 0 radical (unpaired) electrons. The van der Waals surface area contributed by atoms with E-state index in [1.807, 2.05) is 0 Å². The molecular formula is C10H21NO. The maximum Gasteiger partial charge on any atom is 0.0669 e. The number of nitrogens with one attached hydrogen (secondary N) is 1. The molecule has 0 aliphatic carbocycles. The molecule has 0 aromatic carbocycles. The van der Waals surface area contributed by atoms with Gasteiger partial charge in [0.25, 0.3) is 0 Å². The highest BCUT2D eigenvalue weighted by Crippen LogP contribution is 2.19. The normalized spacial score (nSPS) is 26.0. The lowest BCUT2D eigenvalue weighted by atomic mass is 9.94. The molecule has 2 atom stereocenters. The smallest absolute Gasteiger partial charge is 0.0669 e. The average molecular weight is 171 g/mol. The summed E-state index contributed by atoms with van der Waals surface area (Å²) in [7, 11) is 0. The number of rotatable bonds is 4.